The van der Waals surface area contributed by atoms with Crippen LogP contribution in [0.3, 0.4) is 0 Å². The Morgan fingerprint density at radius 1 is 1.37 bits per heavy atom. The number of rotatable bonds is 5. The lowest BCUT2D eigenvalue weighted by atomic mass is 10.1. The molecule has 1 aliphatic carbocycles. The molecule has 0 heterocycles. The standard InChI is InChI=1S/C14H20N2O3/c1-16(13(17)14(15)6-7-14)9-10-4-5-11(18-2)8-12(10)19-3/h4-5,8H,6-7,9,15H2,1-3H3. The van der Waals surface area contributed by atoms with E-state index in [0.29, 0.717) is 12.3 Å². The minimum absolute atomic E-state index is 0.00892. The molecule has 1 aliphatic rings. The summed E-state index contributed by atoms with van der Waals surface area (Å²) in [6.07, 6.45) is 1.55. The van der Waals surface area contributed by atoms with E-state index in [-0.39, 0.29) is 5.91 Å². The third kappa shape index (κ3) is 2.81. The van der Waals surface area contributed by atoms with Crippen molar-refractivity contribution in [3.63, 3.8) is 0 Å². The van der Waals surface area contributed by atoms with Gasteiger partial charge in [0.2, 0.25) is 5.91 Å². The van der Waals surface area contributed by atoms with Crippen molar-refractivity contribution in [3.05, 3.63) is 23.8 Å². The predicted octanol–water partition coefficient (Wildman–Crippen LogP) is 1.15. The molecule has 5 nitrogen and oxygen atoms in total. The summed E-state index contributed by atoms with van der Waals surface area (Å²) in [5.41, 5.74) is 6.22. The summed E-state index contributed by atoms with van der Waals surface area (Å²) < 4.78 is 10.5. The van der Waals surface area contributed by atoms with Gasteiger partial charge in [0.1, 0.15) is 11.5 Å². The first-order valence-corrected chi connectivity index (χ1v) is 6.25. The molecule has 1 aromatic rings. The quantitative estimate of drug-likeness (QED) is 0.866. The van der Waals surface area contributed by atoms with E-state index in [1.54, 1.807) is 26.2 Å². The number of amides is 1. The maximum atomic E-state index is 12.1. The van der Waals surface area contributed by atoms with Gasteiger partial charge in [-0.1, -0.05) is 0 Å². The molecule has 2 rings (SSSR count). The zero-order valence-electron chi connectivity index (χ0n) is 11.6. The molecule has 1 aromatic carbocycles. The highest BCUT2D eigenvalue weighted by molar-refractivity contribution is 5.88. The van der Waals surface area contributed by atoms with E-state index in [0.717, 1.165) is 24.2 Å². The third-order valence-corrected chi connectivity index (χ3v) is 3.46. The van der Waals surface area contributed by atoms with Gasteiger partial charge in [-0.15, -0.1) is 0 Å². The van der Waals surface area contributed by atoms with Crippen molar-refractivity contribution < 1.29 is 14.3 Å². The highest BCUT2D eigenvalue weighted by atomic mass is 16.5. The van der Waals surface area contributed by atoms with E-state index in [4.69, 9.17) is 15.2 Å². The number of nitrogens with two attached hydrogens (primary N) is 1. The highest BCUT2D eigenvalue weighted by Gasteiger charge is 2.47. The summed E-state index contributed by atoms with van der Waals surface area (Å²) >= 11 is 0. The minimum atomic E-state index is -0.631. The van der Waals surface area contributed by atoms with Gasteiger partial charge in [0.05, 0.1) is 19.8 Å². The molecule has 1 fully saturated rings. The molecule has 2 N–H and O–H groups in total. The van der Waals surface area contributed by atoms with E-state index in [2.05, 4.69) is 0 Å². The molecule has 104 valence electrons. The Bertz CT molecular complexity index is 484. The second-order valence-electron chi connectivity index (χ2n) is 5.00. The van der Waals surface area contributed by atoms with Gasteiger partial charge in [-0.05, 0) is 25.0 Å². The smallest absolute Gasteiger partial charge is 0.242 e. The van der Waals surface area contributed by atoms with Crippen molar-refractivity contribution in [2.75, 3.05) is 21.3 Å². The summed E-state index contributed by atoms with van der Waals surface area (Å²) in [6.45, 7) is 0.477. The van der Waals surface area contributed by atoms with Gasteiger partial charge in [-0.3, -0.25) is 4.79 Å². The van der Waals surface area contributed by atoms with Crippen molar-refractivity contribution in [1.29, 1.82) is 0 Å². The summed E-state index contributed by atoms with van der Waals surface area (Å²) in [5, 5.41) is 0. The number of likely N-dealkylation sites (N-methyl/N-ethyl adjacent to an activating group) is 1. The van der Waals surface area contributed by atoms with Crippen LogP contribution in [0.25, 0.3) is 0 Å². The lowest BCUT2D eigenvalue weighted by molar-refractivity contribution is -0.132. The maximum Gasteiger partial charge on any atom is 0.242 e. The number of ether oxygens (including phenoxy) is 2. The van der Waals surface area contributed by atoms with Gasteiger partial charge in [0.15, 0.2) is 0 Å². The van der Waals surface area contributed by atoms with Crippen molar-refractivity contribution in [1.82, 2.24) is 4.90 Å². The molecule has 0 unspecified atom stereocenters. The van der Waals surface area contributed by atoms with Crippen LogP contribution in [-0.2, 0) is 11.3 Å². The first-order chi connectivity index (χ1) is 9.00. The van der Waals surface area contributed by atoms with Gasteiger partial charge in [0, 0.05) is 25.2 Å². The van der Waals surface area contributed by atoms with Crippen LogP contribution in [0, 0.1) is 0 Å². The SMILES string of the molecule is COc1ccc(CN(C)C(=O)C2(N)CC2)c(OC)c1. The fourth-order valence-corrected chi connectivity index (χ4v) is 2.04. The van der Waals surface area contributed by atoms with Gasteiger partial charge < -0.3 is 20.1 Å². The lowest BCUT2D eigenvalue weighted by Gasteiger charge is -2.22. The highest BCUT2D eigenvalue weighted by Crippen LogP contribution is 2.34. The molecule has 0 bridgehead atoms. The Morgan fingerprint density at radius 3 is 2.58 bits per heavy atom. The van der Waals surface area contributed by atoms with Gasteiger partial charge in [-0.25, -0.2) is 0 Å². The van der Waals surface area contributed by atoms with E-state index in [1.165, 1.54) is 0 Å². The molecule has 0 atom stereocenters. The van der Waals surface area contributed by atoms with Crippen LogP contribution < -0.4 is 15.2 Å². The summed E-state index contributed by atoms with van der Waals surface area (Å²) in [5.74, 6) is 1.43. The first-order valence-electron chi connectivity index (χ1n) is 6.25. The fraction of sp³-hybridized carbons (Fsp3) is 0.500. The van der Waals surface area contributed by atoms with Gasteiger partial charge in [0.25, 0.3) is 0 Å². The molecule has 0 aromatic heterocycles. The average molecular weight is 264 g/mol. The number of carbonyl (C=O) groups is 1. The second kappa shape index (κ2) is 5.09. The molecule has 1 saturated carbocycles. The lowest BCUT2D eigenvalue weighted by Crippen LogP contribution is -2.43. The molecule has 1 amide bonds. The van der Waals surface area contributed by atoms with Crippen LogP contribution in [0.4, 0.5) is 0 Å². The van der Waals surface area contributed by atoms with Crippen LogP contribution in [0.2, 0.25) is 0 Å². The average Bonchev–Trinajstić information content (AvgIpc) is 3.17. The van der Waals surface area contributed by atoms with Crippen LogP contribution in [0.5, 0.6) is 11.5 Å². The summed E-state index contributed by atoms with van der Waals surface area (Å²) in [7, 11) is 4.97. The molecule has 5 heteroatoms. The molecule has 0 saturated heterocycles. The minimum Gasteiger partial charge on any atom is -0.497 e. The monoisotopic (exact) mass is 264 g/mol. The Morgan fingerprint density at radius 2 is 2.05 bits per heavy atom. The molecular formula is C14H20N2O3. The van der Waals surface area contributed by atoms with Crippen molar-refractivity contribution in [2.24, 2.45) is 5.73 Å². The fourth-order valence-electron chi connectivity index (χ4n) is 2.04. The first kappa shape index (κ1) is 13.7. The summed E-state index contributed by atoms with van der Waals surface area (Å²) in [4.78, 5) is 13.7. The second-order valence-corrected chi connectivity index (χ2v) is 5.00. The predicted molar refractivity (Wildman–Crippen MR) is 72.2 cm³/mol. The third-order valence-electron chi connectivity index (χ3n) is 3.46. The normalized spacial score (nSPS) is 15.8. The van der Waals surface area contributed by atoms with E-state index >= 15 is 0 Å². The summed E-state index contributed by atoms with van der Waals surface area (Å²) in [6, 6.07) is 5.56. The number of hydrogen-bond acceptors (Lipinski definition) is 4. The Kier molecular flexibility index (Phi) is 3.66. The number of carbonyl (C=O) groups excluding carboxylic acids is 1. The number of methoxy groups -OCH3 is 2. The van der Waals surface area contributed by atoms with E-state index in [9.17, 15) is 4.79 Å². The van der Waals surface area contributed by atoms with E-state index < -0.39 is 5.54 Å². The number of nitrogens with zero attached hydrogens (tertiary/aromatic N) is 1. The molecule has 19 heavy (non-hydrogen) atoms. The molecule has 0 spiro atoms. The zero-order valence-corrected chi connectivity index (χ0v) is 11.6. The molecule has 0 radical (unpaired) electrons. The maximum absolute atomic E-state index is 12.1. The largest absolute Gasteiger partial charge is 0.497 e. The van der Waals surface area contributed by atoms with Crippen LogP contribution in [0.1, 0.15) is 18.4 Å². The number of hydrogen-bond donors (Lipinski definition) is 1. The zero-order chi connectivity index (χ0) is 14.0. The van der Waals surface area contributed by atoms with Crippen molar-refractivity contribution >= 4 is 5.91 Å². The van der Waals surface area contributed by atoms with E-state index in [1.807, 2.05) is 18.2 Å². The van der Waals surface area contributed by atoms with Crippen molar-refractivity contribution in [2.45, 2.75) is 24.9 Å². The topological polar surface area (TPSA) is 64.8 Å². The van der Waals surface area contributed by atoms with Gasteiger partial charge in [-0.2, -0.15) is 0 Å². The Balaban J connectivity index is 2.12. The van der Waals surface area contributed by atoms with Gasteiger partial charge >= 0.3 is 0 Å². The Hall–Kier alpha value is -1.75. The van der Waals surface area contributed by atoms with Crippen LogP contribution in [-0.4, -0.2) is 37.6 Å². The Labute approximate surface area is 113 Å². The van der Waals surface area contributed by atoms with Crippen molar-refractivity contribution in [3.8, 4) is 11.5 Å². The molecule has 0 aliphatic heterocycles. The van der Waals surface area contributed by atoms with Crippen LogP contribution >= 0.6 is 0 Å². The molecular weight excluding hydrogens is 244 g/mol. The number of benzene rings is 1. The van der Waals surface area contributed by atoms with Crippen LogP contribution in [0.15, 0.2) is 18.2 Å².